The Kier molecular flexibility index (Phi) is 2.39. The van der Waals surface area contributed by atoms with E-state index < -0.39 is 0 Å². The van der Waals surface area contributed by atoms with Crippen molar-refractivity contribution in [3.63, 3.8) is 0 Å². The molecule has 0 amide bonds. The molecule has 3 fully saturated rings. The lowest BCUT2D eigenvalue weighted by molar-refractivity contribution is -0.172. The zero-order chi connectivity index (χ0) is 14.3. The Morgan fingerprint density at radius 1 is 1.15 bits per heavy atom. The summed E-state index contributed by atoms with van der Waals surface area (Å²) in [5.74, 6) is 4.61. The molecule has 7 atom stereocenters. The number of ether oxygens (including phenoxy) is 1. The van der Waals surface area contributed by atoms with Crippen molar-refractivity contribution in [3.8, 4) is 0 Å². The lowest BCUT2D eigenvalue weighted by atomic mass is 9.63. The minimum atomic E-state index is -0.365. The van der Waals surface area contributed by atoms with Gasteiger partial charge in [0.1, 0.15) is 5.60 Å². The summed E-state index contributed by atoms with van der Waals surface area (Å²) in [7, 11) is 0. The molecular weight excluding hydrogens is 248 g/mol. The maximum Gasteiger partial charge on any atom is 0.312 e. The molecule has 2 heteroatoms. The van der Waals surface area contributed by atoms with Crippen LogP contribution in [0.4, 0.5) is 0 Å². The highest BCUT2D eigenvalue weighted by molar-refractivity contribution is 5.78. The van der Waals surface area contributed by atoms with Crippen molar-refractivity contribution in [2.45, 2.75) is 52.6 Å². The summed E-state index contributed by atoms with van der Waals surface area (Å²) < 4.78 is 5.75. The van der Waals surface area contributed by atoms with Crippen molar-refractivity contribution in [3.05, 3.63) is 12.2 Å². The fraction of sp³-hybridized carbons (Fsp3) is 0.833. The van der Waals surface area contributed by atoms with E-state index in [0.717, 1.165) is 36.0 Å². The summed E-state index contributed by atoms with van der Waals surface area (Å²) in [4.78, 5) is 12.7. The van der Waals surface area contributed by atoms with Crippen LogP contribution in [0.25, 0.3) is 0 Å². The fourth-order valence-corrected chi connectivity index (χ4v) is 6.00. The van der Waals surface area contributed by atoms with Gasteiger partial charge >= 0.3 is 5.97 Å². The molecule has 0 aromatic carbocycles. The normalized spacial score (nSPS) is 51.6. The molecule has 0 aromatic heterocycles. The Hall–Kier alpha value is -0.790. The molecule has 0 N–H and O–H groups in total. The molecule has 20 heavy (non-hydrogen) atoms. The van der Waals surface area contributed by atoms with Crippen LogP contribution in [0.5, 0.6) is 0 Å². The van der Waals surface area contributed by atoms with Crippen LogP contribution >= 0.6 is 0 Å². The third kappa shape index (κ3) is 1.54. The third-order valence-corrected chi connectivity index (χ3v) is 6.52. The van der Waals surface area contributed by atoms with E-state index in [2.05, 4.69) is 19.1 Å². The van der Waals surface area contributed by atoms with E-state index in [0.29, 0.717) is 5.92 Å². The van der Waals surface area contributed by atoms with Crippen LogP contribution in [-0.4, -0.2) is 11.6 Å². The second-order valence-electron chi connectivity index (χ2n) is 8.83. The molecule has 110 valence electrons. The predicted molar refractivity (Wildman–Crippen MR) is 77.9 cm³/mol. The molecule has 4 aliphatic rings. The minimum Gasteiger partial charge on any atom is -0.460 e. The standard InChI is InChI=1S/C18H26O2/c1-17(2,3)20-16(19)18(4)9-12-8-13(18)15-11-6-5-10(7-11)14(12)15/h5-6,10-15H,7-9H2,1-4H3/t10-,11+,12+,13+,14+,15-,18-/m1/s1. The summed E-state index contributed by atoms with van der Waals surface area (Å²) in [6.07, 6.45) is 8.57. The van der Waals surface area contributed by atoms with Gasteiger partial charge < -0.3 is 4.74 Å². The van der Waals surface area contributed by atoms with E-state index in [1.165, 1.54) is 12.8 Å². The monoisotopic (exact) mass is 274 g/mol. The highest BCUT2D eigenvalue weighted by Crippen LogP contribution is 2.70. The van der Waals surface area contributed by atoms with Crippen molar-refractivity contribution in [1.29, 1.82) is 0 Å². The number of hydrogen-bond donors (Lipinski definition) is 0. The van der Waals surface area contributed by atoms with Gasteiger partial charge in [0.15, 0.2) is 0 Å². The van der Waals surface area contributed by atoms with Gasteiger partial charge in [-0.3, -0.25) is 4.79 Å². The van der Waals surface area contributed by atoms with E-state index in [9.17, 15) is 4.79 Å². The number of fused-ring (bicyclic) bond motifs is 9. The first-order chi connectivity index (χ1) is 9.29. The topological polar surface area (TPSA) is 26.3 Å². The summed E-state index contributed by atoms with van der Waals surface area (Å²) in [6.45, 7) is 8.11. The first-order valence-corrected chi connectivity index (χ1v) is 8.21. The van der Waals surface area contributed by atoms with E-state index in [1.54, 1.807) is 0 Å². The molecule has 0 heterocycles. The average Bonchev–Trinajstić information content (AvgIpc) is 3.02. The summed E-state index contributed by atoms with van der Waals surface area (Å²) in [6, 6.07) is 0. The highest BCUT2D eigenvalue weighted by Gasteiger charge is 2.67. The van der Waals surface area contributed by atoms with Gasteiger partial charge in [-0.25, -0.2) is 0 Å². The number of hydrogen-bond acceptors (Lipinski definition) is 2. The van der Waals surface area contributed by atoms with Crippen LogP contribution in [0.2, 0.25) is 0 Å². The van der Waals surface area contributed by atoms with E-state index >= 15 is 0 Å². The lowest BCUT2D eigenvalue weighted by Gasteiger charge is -2.42. The van der Waals surface area contributed by atoms with Gasteiger partial charge in [-0.05, 0) is 82.5 Å². The molecule has 4 aliphatic carbocycles. The van der Waals surface area contributed by atoms with Crippen LogP contribution in [0.15, 0.2) is 12.2 Å². The van der Waals surface area contributed by atoms with Crippen LogP contribution < -0.4 is 0 Å². The van der Waals surface area contributed by atoms with E-state index in [1.807, 2.05) is 20.8 Å². The Bertz CT molecular complexity index is 486. The Morgan fingerprint density at radius 3 is 2.45 bits per heavy atom. The molecule has 2 nitrogen and oxygen atoms in total. The largest absolute Gasteiger partial charge is 0.460 e. The van der Waals surface area contributed by atoms with Crippen molar-refractivity contribution >= 4 is 5.97 Å². The Balaban J connectivity index is 1.61. The molecule has 0 spiro atoms. The Labute approximate surface area is 122 Å². The lowest BCUT2D eigenvalue weighted by Crippen LogP contribution is -2.45. The molecule has 0 aromatic rings. The van der Waals surface area contributed by atoms with E-state index in [-0.39, 0.29) is 17.0 Å². The molecule has 3 saturated carbocycles. The van der Waals surface area contributed by atoms with Crippen molar-refractivity contribution in [1.82, 2.24) is 0 Å². The van der Waals surface area contributed by atoms with Gasteiger partial charge in [0.05, 0.1) is 5.41 Å². The van der Waals surface area contributed by atoms with Crippen LogP contribution in [-0.2, 0) is 9.53 Å². The molecule has 0 saturated heterocycles. The molecule has 0 aliphatic heterocycles. The number of allylic oxidation sites excluding steroid dienone is 2. The fourth-order valence-electron chi connectivity index (χ4n) is 6.00. The Morgan fingerprint density at radius 2 is 1.80 bits per heavy atom. The maximum atomic E-state index is 12.7. The summed E-state index contributed by atoms with van der Waals surface area (Å²) >= 11 is 0. The first-order valence-electron chi connectivity index (χ1n) is 8.21. The second-order valence-corrected chi connectivity index (χ2v) is 8.83. The number of rotatable bonds is 1. The number of carbonyl (C=O) groups is 1. The van der Waals surface area contributed by atoms with Crippen molar-refractivity contribution < 1.29 is 9.53 Å². The number of esters is 1. The van der Waals surface area contributed by atoms with Gasteiger partial charge in [-0.1, -0.05) is 12.2 Å². The van der Waals surface area contributed by atoms with Crippen molar-refractivity contribution in [2.24, 2.45) is 40.9 Å². The maximum absolute atomic E-state index is 12.7. The van der Waals surface area contributed by atoms with Crippen LogP contribution in [0.1, 0.15) is 47.0 Å². The van der Waals surface area contributed by atoms with Gasteiger partial charge in [-0.2, -0.15) is 0 Å². The SMILES string of the molecule is CC(C)(C)OC(=O)[C@]1(C)C[C@@H]2C[C@H]1[C@@H]1[C@H]2[C@@H]2C=C[C@H]1C2. The zero-order valence-electron chi connectivity index (χ0n) is 13.1. The van der Waals surface area contributed by atoms with E-state index in [4.69, 9.17) is 4.74 Å². The molecule has 4 bridgehead atoms. The van der Waals surface area contributed by atoms with Crippen LogP contribution in [0, 0.1) is 40.9 Å². The molecular formula is C18H26O2. The third-order valence-electron chi connectivity index (χ3n) is 6.52. The number of carbonyl (C=O) groups excluding carboxylic acids is 1. The summed E-state index contributed by atoms with van der Waals surface area (Å²) in [5.41, 5.74) is -0.590. The molecule has 0 unspecified atom stereocenters. The second kappa shape index (κ2) is 3.69. The first kappa shape index (κ1) is 12.9. The summed E-state index contributed by atoms with van der Waals surface area (Å²) in [5, 5.41) is 0. The predicted octanol–water partition coefficient (Wildman–Crippen LogP) is 3.81. The highest BCUT2D eigenvalue weighted by atomic mass is 16.6. The zero-order valence-corrected chi connectivity index (χ0v) is 13.1. The van der Waals surface area contributed by atoms with Gasteiger partial charge in [-0.15, -0.1) is 0 Å². The molecule has 4 rings (SSSR count). The van der Waals surface area contributed by atoms with Gasteiger partial charge in [0, 0.05) is 0 Å². The average molecular weight is 274 g/mol. The van der Waals surface area contributed by atoms with Crippen molar-refractivity contribution in [2.75, 3.05) is 0 Å². The quantitative estimate of drug-likeness (QED) is 0.413. The smallest absolute Gasteiger partial charge is 0.312 e. The minimum absolute atomic E-state index is 0.0581. The molecule has 0 radical (unpaired) electrons. The van der Waals surface area contributed by atoms with Gasteiger partial charge in [0.25, 0.3) is 0 Å². The van der Waals surface area contributed by atoms with Gasteiger partial charge in [0.2, 0.25) is 0 Å². The van der Waals surface area contributed by atoms with Crippen LogP contribution in [0.3, 0.4) is 0 Å².